The molecule has 246 valence electrons. The molecule has 2 N–H and O–H groups in total. The van der Waals surface area contributed by atoms with Crippen molar-refractivity contribution in [1.29, 1.82) is 0 Å². The molecular formula is C37H34N3NaO8. The van der Waals surface area contributed by atoms with Crippen molar-refractivity contribution in [2.45, 2.75) is 38.7 Å². The van der Waals surface area contributed by atoms with Crippen LogP contribution < -0.4 is 54.6 Å². The average Bonchev–Trinajstić information content (AvgIpc) is 3.08. The van der Waals surface area contributed by atoms with Crippen LogP contribution in [0.15, 0.2) is 73.1 Å². The van der Waals surface area contributed by atoms with E-state index in [0.29, 0.717) is 84.2 Å². The Bertz CT molecular complexity index is 1910. The fourth-order valence-corrected chi connectivity index (χ4v) is 6.33. The summed E-state index contributed by atoms with van der Waals surface area (Å²) >= 11 is 0. The van der Waals surface area contributed by atoms with Gasteiger partial charge in [0.1, 0.15) is 22.8 Å². The summed E-state index contributed by atoms with van der Waals surface area (Å²) in [6.45, 7) is 4.95. The van der Waals surface area contributed by atoms with Gasteiger partial charge in [-0.05, 0) is 67.4 Å². The number of benzene rings is 3. The molecule has 12 heteroatoms. The van der Waals surface area contributed by atoms with Gasteiger partial charge in [-0.1, -0.05) is 18.2 Å². The van der Waals surface area contributed by atoms with E-state index >= 15 is 0 Å². The molecule has 4 aromatic rings. The van der Waals surface area contributed by atoms with Gasteiger partial charge in [-0.2, -0.15) is 0 Å². The first-order valence-corrected chi connectivity index (χ1v) is 15.8. The third-order valence-corrected chi connectivity index (χ3v) is 8.71. The van der Waals surface area contributed by atoms with Crippen LogP contribution in [0.25, 0.3) is 22.3 Å². The summed E-state index contributed by atoms with van der Waals surface area (Å²) in [6.07, 6.45) is 3.81. The number of pyridine rings is 1. The largest absolute Gasteiger partial charge is 1.00 e. The summed E-state index contributed by atoms with van der Waals surface area (Å²) in [5.41, 5.74) is 8.31. The zero-order valence-electron chi connectivity index (χ0n) is 27.6. The van der Waals surface area contributed by atoms with Gasteiger partial charge in [0.2, 0.25) is 5.91 Å². The normalized spacial score (nSPS) is 14.7. The number of likely N-dealkylation sites (tertiary alicyclic amines) is 1. The number of carbonyl (C=O) groups excluding carboxylic acids is 4. The minimum Gasteiger partial charge on any atom is -0.545 e. The molecular weight excluding hydrogens is 637 g/mol. The molecule has 49 heavy (non-hydrogen) atoms. The van der Waals surface area contributed by atoms with Crippen molar-refractivity contribution in [3.8, 4) is 39.5 Å². The standard InChI is InChI=1S/C37H35N3O8.Na/c1-3-46-31-17-25(18-32(47-4-2)33(31)26-15-27(36(44)45)21-39-20-26)35(43)40-12-10-37(11-13-40)19-29(41)28-16-23(8-9-30(28)48-37)22-6-5-7-24(14-22)34(38)42;/h5-9,14-18,20-21H,3-4,10-13,19H2,1-2H3,(H2,38,42)(H,44,45);/q;+1/p-1. The maximum Gasteiger partial charge on any atom is 1.00 e. The van der Waals surface area contributed by atoms with E-state index in [2.05, 4.69) is 4.98 Å². The third kappa shape index (κ3) is 7.34. The average molecular weight is 672 g/mol. The summed E-state index contributed by atoms with van der Waals surface area (Å²) in [5.74, 6) is -0.950. The Hall–Kier alpha value is -4.71. The van der Waals surface area contributed by atoms with Crippen molar-refractivity contribution in [3.63, 3.8) is 0 Å². The van der Waals surface area contributed by atoms with E-state index in [4.69, 9.17) is 19.9 Å². The van der Waals surface area contributed by atoms with E-state index in [1.54, 1.807) is 47.4 Å². The maximum absolute atomic E-state index is 13.9. The number of carboxylic acids is 1. The number of aromatic nitrogens is 1. The summed E-state index contributed by atoms with van der Waals surface area (Å²) in [7, 11) is 0. The number of primary amides is 1. The summed E-state index contributed by atoms with van der Waals surface area (Å²) < 4.78 is 18.3. The second-order valence-corrected chi connectivity index (χ2v) is 11.8. The van der Waals surface area contributed by atoms with Crippen molar-refractivity contribution in [1.82, 2.24) is 9.88 Å². The van der Waals surface area contributed by atoms with E-state index in [1.807, 2.05) is 26.0 Å². The van der Waals surface area contributed by atoms with Gasteiger partial charge in [-0.15, -0.1) is 0 Å². The SMILES string of the molecule is CCOc1cc(C(=O)N2CCC3(CC2)CC(=O)c2cc(-c4cccc(C(N)=O)c4)ccc2O3)cc(OCC)c1-c1cncc(C(=O)[O-])c1.[Na+]. The number of ketones is 1. The molecule has 3 aromatic carbocycles. The predicted octanol–water partition coefficient (Wildman–Crippen LogP) is 1.32. The van der Waals surface area contributed by atoms with Gasteiger partial charge in [0.25, 0.3) is 5.91 Å². The molecule has 0 atom stereocenters. The van der Waals surface area contributed by atoms with Crippen LogP contribution >= 0.6 is 0 Å². The van der Waals surface area contributed by atoms with Crippen LogP contribution in [0.5, 0.6) is 17.2 Å². The molecule has 1 spiro atoms. The fourth-order valence-electron chi connectivity index (χ4n) is 6.33. The first kappa shape index (κ1) is 35.6. The molecule has 0 unspecified atom stereocenters. The van der Waals surface area contributed by atoms with Crippen molar-refractivity contribution in [2.24, 2.45) is 5.73 Å². The van der Waals surface area contributed by atoms with Gasteiger partial charge < -0.3 is 34.7 Å². The summed E-state index contributed by atoms with van der Waals surface area (Å²) in [4.78, 5) is 56.2. The van der Waals surface area contributed by atoms with Crippen LogP contribution in [0.2, 0.25) is 0 Å². The Labute approximate surface area is 305 Å². The molecule has 6 rings (SSSR count). The molecule has 0 bridgehead atoms. The van der Waals surface area contributed by atoms with Crippen LogP contribution in [0, 0.1) is 0 Å². The number of carbonyl (C=O) groups is 4. The number of rotatable bonds is 9. The van der Waals surface area contributed by atoms with Gasteiger partial charge in [0.15, 0.2) is 5.78 Å². The van der Waals surface area contributed by atoms with Gasteiger partial charge >= 0.3 is 29.6 Å². The van der Waals surface area contributed by atoms with Gasteiger partial charge in [0, 0.05) is 60.6 Å². The number of carboxylic acid groups (broad SMARTS) is 1. The molecule has 11 nitrogen and oxygen atoms in total. The number of Topliss-reactive ketones (excluding diaryl/α,β-unsaturated/α-hetero) is 1. The van der Waals surface area contributed by atoms with Crippen molar-refractivity contribution in [3.05, 3.63) is 95.3 Å². The summed E-state index contributed by atoms with van der Waals surface area (Å²) in [6, 6.07) is 17.0. The molecule has 2 amide bonds. The molecule has 1 aromatic heterocycles. The number of hydrogen-bond acceptors (Lipinski definition) is 9. The first-order valence-electron chi connectivity index (χ1n) is 15.8. The van der Waals surface area contributed by atoms with E-state index in [-0.39, 0.29) is 53.2 Å². The number of ether oxygens (including phenoxy) is 3. The Kier molecular flexibility index (Phi) is 10.8. The fraction of sp³-hybridized carbons (Fsp3) is 0.270. The zero-order valence-corrected chi connectivity index (χ0v) is 29.6. The zero-order chi connectivity index (χ0) is 34.0. The van der Waals surface area contributed by atoms with E-state index < -0.39 is 17.5 Å². The Balaban J connectivity index is 0.00000468. The molecule has 0 aliphatic carbocycles. The Morgan fingerprint density at radius 1 is 0.878 bits per heavy atom. The quantitative estimate of drug-likeness (QED) is 0.259. The van der Waals surface area contributed by atoms with Crippen LogP contribution in [0.1, 0.15) is 74.5 Å². The Morgan fingerprint density at radius 3 is 2.16 bits per heavy atom. The number of hydrogen-bond donors (Lipinski definition) is 1. The molecule has 2 aliphatic heterocycles. The Morgan fingerprint density at radius 2 is 1.53 bits per heavy atom. The minimum absolute atomic E-state index is 0. The number of fused-ring (bicyclic) bond motifs is 1. The number of piperidine rings is 1. The van der Waals surface area contributed by atoms with Crippen LogP contribution in [-0.4, -0.2) is 65.4 Å². The monoisotopic (exact) mass is 671 g/mol. The minimum atomic E-state index is -1.36. The van der Waals surface area contributed by atoms with Crippen molar-refractivity contribution in [2.75, 3.05) is 26.3 Å². The number of nitrogens with zero attached hydrogens (tertiary/aromatic N) is 2. The van der Waals surface area contributed by atoms with E-state index in [0.717, 1.165) is 11.1 Å². The van der Waals surface area contributed by atoms with Crippen LogP contribution in [0.4, 0.5) is 0 Å². The molecule has 3 heterocycles. The maximum atomic E-state index is 13.9. The second kappa shape index (κ2) is 14.8. The van der Waals surface area contributed by atoms with E-state index in [9.17, 15) is 24.3 Å². The number of amides is 2. The van der Waals surface area contributed by atoms with Gasteiger partial charge in [-0.25, -0.2) is 0 Å². The van der Waals surface area contributed by atoms with Crippen molar-refractivity contribution >= 4 is 23.6 Å². The number of aromatic carboxylic acids is 1. The molecule has 0 radical (unpaired) electrons. The number of nitrogens with two attached hydrogens (primary N) is 1. The molecule has 2 aliphatic rings. The first-order chi connectivity index (χ1) is 23.1. The molecule has 1 fully saturated rings. The smallest absolute Gasteiger partial charge is 0.545 e. The third-order valence-electron chi connectivity index (χ3n) is 8.71. The second-order valence-electron chi connectivity index (χ2n) is 11.8. The predicted molar refractivity (Wildman–Crippen MR) is 174 cm³/mol. The molecule has 1 saturated heterocycles. The van der Waals surface area contributed by atoms with Gasteiger partial charge in [-0.3, -0.25) is 19.4 Å². The van der Waals surface area contributed by atoms with Crippen molar-refractivity contribution < 1.29 is 68.1 Å². The van der Waals surface area contributed by atoms with E-state index in [1.165, 1.54) is 18.5 Å². The van der Waals surface area contributed by atoms with Crippen LogP contribution in [0.3, 0.4) is 0 Å². The summed E-state index contributed by atoms with van der Waals surface area (Å²) in [5, 5.41) is 11.5. The van der Waals surface area contributed by atoms with Gasteiger partial charge in [0.05, 0.1) is 36.7 Å². The topological polar surface area (TPSA) is 161 Å². The van der Waals surface area contributed by atoms with Crippen LogP contribution in [-0.2, 0) is 0 Å². The molecule has 0 saturated carbocycles.